The first-order chi connectivity index (χ1) is 9.91. The van der Waals surface area contributed by atoms with E-state index in [1.165, 1.54) is 6.07 Å². The molecule has 2 heterocycles. The molecule has 1 aromatic rings. The van der Waals surface area contributed by atoms with E-state index in [9.17, 15) is 13.2 Å². The molecule has 0 bridgehead atoms. The molecule has 0 atom stereocenters. The minimum atomic E-state index is -3.28. The van der Waals surface area contributed by atoms with Crippen molar-refractivity contribution < 1.29 is 13.2 Å². The Balaban J connectivity index is 1.98. The molecule has 2 aliphatic heterocycles. The van der Waals surface area contributed by atoms with E-state index < -0.39 is 15.4 Å². The fourth-order valence-electron chi connectivity index (χ4n) is 2.71. The Morgan fingerprint density at radius 2 is 1.95 bits per heavy atom. The van der Waals surface area contributed by atoms with Crippen LogP contribution in [0.3, 0.4) is 0 Å². The Morgan fingerprint density at radius 1 is 1.24 bits per heavy atom. The van der Waals surface area contributed by atoms with Gasteiger partial charge in [0.15, 0.2) is 9.84 Å². The second kappa shape index (κ2) is 4.92. The number of aliphatic imine (C=N–C) groups is 1. The highest BCUT2D eigenvalue weighted by Crippen LogP contribution is 2.28. The summed E-state index contributed by atoms with van der Waals surface area (Å²) in [5, 5.41) is 6.01. The van der Waals surface area contributed by atoms with Gasteiger partial charge in [-0.1, -0.05) is 12.1 Å². The number of carbonyl (C=O) groups is 1. The topological polar surface area (TPSA) is 87.6 Å². The van der Waals surface area contributed by atoms with E-state index in [1.54, 1.807) is 18.2 Å². The van der Waals surface area contributed by atoms with E-state index in [1.807, 2.05) is 0 Å². The van der Waals surface area contributed by atoms with Crippen LogP contribution in [0, 0.1) is 0 Å². The van der Waals surface area contributed by atoms with Crippen molar-refractivity contribution >= 4 is 21.6 Å². The standard InChI is InChI=1S/C14H17N3O3S/c1-21(19,20)11-4-2-3-10(9-11)12-16-13(18)14(17-12)5-7-15-8-6-14/h2-4,9,15H,5-8H2,1H3,(H,16,17,18). The molecule has 1 spiro atoms. The number of benzene rings is 1. The van der Waals surface area contributed by atoms with Crippen molar-refractivity contribution in [3.05, 3.63) is 29.8 Å². The molecular weight excluding hydrogens is 290 g/mol. The van der Waals surface area contributed by atoms with Crippen molar-refractivity contribution in [2.45, 2.75) is 23.3 Å². The molecule has 112 valence electrons. The Morgan fingerprint density at radius 3 is 2.62 bits per heavy atom. The molecule has 21 heavy (non-hydrogen) atoms. The van der Waals surface area contributed by atoms with Crippen molar-refractivity contribution in [3.8, 4) is 0 Å². The SMILES string of the molecule is CS(=O)(=O)c1cccc(C2=NC3(CCNCC3)C(=O)N2)c1. The molecule has 1 saturated heterocycles. The number of nitrogens with zero attached hydrogens (tertiary/aromatic N) is 1. The summed E-state index contributed by atoms with van der Waals surface area (Å²) in [4.78, 5) is 17.0. The molecule has 7 heteroatoms. The minimum Gasteiger partial charge on any atom is -0.317 e. The van der Waals surface area contributed by atoms with Gasteiger partial charge in [-0.05, 0) is 38.1 Å². The van der Waals surface area contributed by atoms with Gasteiger partial charge in [0, 0.05) is 11.8 Å². The number of amidine groups is 1. The van der Waals surface area contributed by atoms with Crippen LogP contribution in [0.15, 0.2) is 34.2 Å². The third kappa shape index (κ3) is 2.58. The number of hydrogen-bond acceptors (Lipinski definition) is 5. The zero-order valence-electron chi connectivity index (χ0n) is 11.7. The van der Waals surface area contributed by atoms with Crippen LogP contribution >= 0.6 is 0 Å². The summed E-state index contributed by atoms with van der Waals surface area (Å²) >= 11 is 0. The summed E-state index contributed by atoms with van der Waals surface area (Å²) in [6, 6.07) is 6.51. The lowest BCUT2D eigenvalue weighted by molar-refractivity contribution is -0.124. The Kier molecular flexibility index (Phi) is 3.33. The maximum atomic E-state index is 12.2. The van der Waals surface area contributed by atoms with Crippen molar-refractivity contribution in [3.63, 3.8) is 0 Å². The molecule has 6 nitrogen and oxygen atoms in total. The van der Waals surface area contributed by atoms with Crippen LogP contribution in [-0.4, -0.2) is 45.0 Å². The van der Waals surface area contributed by atoms with E-state index >= 15 is 0 Å². The van der Waals surface area contributed by atoms with E-state index in [2.05, 4.69) is 15.6 Å². The first kappa shape index (κ1) is 14.2. The highest BCUT2D eigenvalue weighted by atomic mass is 32.2. The number of carbonyl (C=O) groups excluding carboxylic acids is 1. The Hall–Kier alpha value is -1.73. The maximum Gasteiger partial charge on any atom is 0.253 e. The van der Waals surface area contributed by atoms with Crippen molar-refractivity contribution in [2.75, 3.05) is 19.3 Å². The lowest BCUT2D eigenvalue weighted by Crippen LogP contribution is -2.47. The number of sulfone groups is 1. The molecule has 2 N–H and O–H groups in total. The molecule has 2 aliphatic rings. The number of nitrogens with one attached hydrogen (secondary N) is 2. The summed E-state index contributed by atoms with van der Waals surface area (Å²) in [6.45, 7) is 1.52. The van der Waals surface area contributed by atoms with Crippen LogP contribution in [0.5, 0.6) is 0 Å². The fraction of sp³-hybridized carbons (Fsp3) is 0.429. The lowest BCUT2D eigenvalue weighted by atomic mass is 9.89. The second-order valence-electron chi connectivity index (χ2n) is 5.50. The third-order valence-corrected chi connectivity index (χ3v) is 5.06. The lowest BCUT2D eigenvalue weighted by Gasteiger charge is -2.28. The van der Waals surface area contributed by atoms with Gasteiger partial charge in [0.25, 0.3) is 5.91 Å². The van der Waals surface area contributed by atoms with E-state index in [0.717, 1.165) is 19.3 Å². The Labute approximate surface area is 123 Å². The van der Waals surface area contributed by atoms with Gasteiger partial charge in [-0.3, -0.25) is 9.79 Å². The molecule has 0 unspecified atom stereocenters. The number of piperidine rings is 1. The highest BCUT2D eigenvalue weighted by molar-refractivity contribution is 7.90. The summed E-state index contributed by atoms with van der Waals surface area (Å²) in [7, 11) is -3.28. The van der Waals surface area contributed by atoms with Gasteiger partial charge in [0.1, 0.15) is 11.4 Å². The maximum absolute atomic E-state index is 12.2. The fourth-order valence-corrected chi connectivity index (χ4v) is 3.37. The van der Waals surface area contributed by atoms with Crippen LogP contribution in [0.1, 0.15) is 18.4 Å². The normalized spacial score (nSPS) is 21.2. The molecule has 0 saturated carbocycles. The number of rotatable bonds is 2. The molecule has 0 aromatic heterocycles. The van der Waals surface area contributed by atoms with Crippen molar-refractivity contribution in [1.82, 2.24) is 10.6 Å². The molecule has 1 aromatic carbocycles. The molecule has 1 fully saturated rings. The molecule has 0 aliphatic carbocycles. The summed E-state index contributed by atoms with van der Waals surface area (Å²) in [5.41, 5.74) is -0.0662. The first-order valence-corrected chi connectivity index (χ1v) is 8.72. The van der Waals surface area contributed by atoms with Crippen molar-refractivity contribution in [2.24, 2.45) is 4.99 Å². The molecular formula is C14H17N3O3S. The predicted molar refractivity (Wildman–Crippen MR) is 79.1 cm³/mol. The number of amides is 1. The van der Waals surface area contributed by atoms with E-state index in [0.29, 0.717) is 24.2 Å². The van der Waals surface area contributed by atoms with Crippen LogP contribution in [0.2, 0.25) is 0 Å². The second-order valence-corrected chi connectivity index (χ2v) is 7.51. The monoisotopic (exact) mass is 307 g/mol. The van der Waals surface area contributed by atoms with Crippen LogP contribution in [0.25, 0.3) is 0 Å². The smallest absolute Gasteiger partial charge is 0.253 e. The highest BCUT2D eigenvalue weighted by Gasteiger charge is 2.44. The van der Waals surface area contributed by atoms with E-state index in [-0.39, 0.29) is 10.8 Å². The van der Waals surface area contributed by atoms with Crippen molar-refractivity contribution in [1.29, 1.82) is 0 Å². The zero-order valence-corrected chi connectivity index (χ0v) is 12.5. The average Bonchev–Trinajstić information content (AvgIpc) is 2.76. The third-order valence-electron chi connectivity index (χ3n) is 3.95. The van der Waals surface area contributed by atoms with Gasteiger partial charge in [-0.25, -0.2) is 8.42 Å². The van der Waals surface area contributed by atoms with Crippen LogP contribution in [0.4, 0.5) is 0 Å². The van der Waals surface area contributed by atoms with E-state index in [4.69, 9.17) is 0 Å². The largest absolute Gasteiger partial charge is 0.317 e. The predicted octanol–water partition coefficient (Wildman–Crippen LogP) is 0.0887. The zero-order chi connectivity index (χ0) is 15.1. The summed E-state index contributed by atoms with van der Waals surface area (Å²) in [5.74, 6) is 0.371. The van der Waals surface area contributed by atoms with Crippen LogP contribution < -0.4 is 10.6 Å². The minimum absolute atomic E-state index is 0.0937. The van der Waals surface area contributed by atoms with Gasteiger partial charge in [-0.15, -0.1) is 0 Å². The molecule has 0 radical (unpaired) electrons. The van der Waals surface area contributed by atoms with Gasteiger partial charge in [-0.2, -0.15) is 0 Å². The average molecular weight is 307 g/mol. The Bertz CT molecular complexity index is 719. The van der Waals surface area contributed by atoms with Gasteiger partial charge in [0.05, 0.1) is 4.90 Å². The first-order valence-electron chi connectivity index (χ1n) is 6.83. The molecule has 3 rings (SSSR count). The summed E-state index contributed by atoms with van der Waals surface area (Å²) < 4.78 is 23.2. The van der Waals surface area contributed by atoms with Gasteiger partial charge < -0.3 is 10.6 Å². The number of hydrogen-bond donors (Lipinski definition) is 2. The quantitative estimate of drug-likeness (QED) is 0.810. The summed E-state index contributed by atoms with van der Waals surface area (Å²) in [6.07, 6.45) is 2.48. The van der Waals surface area contributed by atoms with Crippen LogP contribution in [-0.2, 0) is 14.6 Å². The van der Waals surface area contributed by atoms with Gasteiger partial charge >= 0.3 is 0 Å². The van der Waals surface area contributed by atoms with Gasteiger partial charge in [0.2, 0.25) is 0 Å². The molecule has 1 amide bonds.